The van der Waals surface area contributed by atoms with Gasteiger partial charge in [0, 0.05) is 12.5 Å². The summed E-state index contributed by atoms with van der Waals surface area (Å²) in [6.45, 7) is 1.95. The predicted molar refractivity (Wildman–Crippen MR) is 67.2 cm³/mol. The number of aryl methyl sites for hydroxylation is 1. The van der Waals surface area contributed by atoms with Crippen LogP contribution < -0.4 is 5.73 Å². The number of hydrogen-bond donors (Lipinski definition) is 1. The fraction of sp³-hybridized carbons (Fsp3) is 0.364. The van der Waals surface area contributed by atoms with Crippen molar-refractivity contribution in [3.05, 3.63) is 28.7 Å². The van der Waals surface area contributed by atoms with Gasteiger partial charge in [-0.05, 0) is 41.4 Å². The maximum atomic E-state index is 5.67. The van der Waals surface area contributed by atoms with Gasteiger partial charge in [-0.15, -0.1) is 10.2 Å². The Balaban J connectivity index is 2.12. The van der Waals surface area contributed by atoms with Gasteiger partial charge in [-0.1, -0.05) is 6.07 Å². The molecule has 0 saturated heterocycles. The van der Waals surface area contributed by atoms with E-state index in [1.807, 2.05) is 25.1 Å². The average Bonchev–Trinajstić information content (AvgIpc) is 2.75. The molecule has 2 aromatic rings. The zero-order valence-corrected chi connectivity index (χ0v) is 11.0. The van der Waals surface area contributed by atoms with E-state index < -0.39 is 0 Å². The number of hydrogen-bond acceptors (Lipinski definition) is 5. The Morgan fingerprint density at radius 2 is 2.24 bits per heavy atom. The maximum Gasteiger partial charge on any atom is 0.266 e. The van der Waals surface area contributed by atoms with Crippen LogP contribution in [0.1, 0.15) is 19.2 Å². The third-order valence-electron chi connectivity index (χ3n) is 2.21. The van der Waals surface area contributed by atoms with Crippen LogP contribution in [-0.4, -0.2) is 21.2 Å². The van der Waals surface area contributed by atoms with Crippen LogP contribution in [0.5, 0.6) is 0 Å². The fourth-order valence-electron chi connectivity index (χ4n) is 1.34. The van der Waals surface area contributed by atoms with Crippen LogP contribution in [0.2, 0.25) is 0 Å². The number of nitrogens with zero attached hydrogens (tertiary/aromatic N) is 3. The summed E-state index contributed by atoms with van der Waals surface area (Å²) >= 11 is 3.30. The van der Waals surface area contributed by atoms with Gasteiger partial charge < -0.3 is 10.2 Å². The highest BCUT2D eigenvalue weighted by Crippen LogP contribution is 2.18. The molecule has 2 N–H and O–H groups in total. The van der Waals surface area contributed by atoms with Gasteiger partial charge in [0.25, 0.3) is 5.89 Å². The molecule has 0 aliphatic carbocycles. The highest BCUT2D eigenvalue weighted by atomic mass is 79.9. The maximum absolute atomic E-state index is 5.67. The lowest BCUT2D eigenvalue weighted by Crippen LogP contribution is -2.15. The Kier molecular flexibility index (Phi) is 3.86. The Morgan fingerprint density at radius 1 is 1.41 bits per heavy atom. The first-order chi connectivity index (χ1) is 8.15. The fourth-order valence-corrected chi connectivity index (χ4v) is 1.68. The van der Waals surface area contributed by atoms with E-state index in [2.05, 4.69) is 31.1 Å². The molecular weight excluding hydrogens is 284 g/mol. The minimum Gasteiger partial charge on any atom is -0.419 e. The van der Waals surface area contributed by atoms with Gasteiger partial charge in [0.2, 0.25) is 5.89 Å². The summed E-state index contributed by atoms with van der Waals surface area (Å²) in [5.41, 5.74) is 6.34. The van der Waals surface area contributed by atoms with Crippen molar-refractivity contribution in [2.45, 2.75) is 25.8 Å². The highest BCUT2D eigenvalue weighted by Gasteiger charge is 2.10. The normalized spacial score (nSPS) is 12.6. The number of pyridine rings is 1. The Hall–Kier alpha value is -1.27. The zero-order chi connectivity index (χ0) is 12.3. The van der Waals surface area contributed by atoms with Crippen molar-refractivity contribution < 1.29 is 4.42 Å². The van der Waals surface area contributed by atoms with Crippen molar-refractivity contribution >= 4 is 15.9 Å². The van der Waals surface area contributed by atoms with Crippen molar-refractivity contribution in [3.63, 3.8) is 0 Å². The van der Waals surface area contributed by atoms with E-state index >= 15 is 0 Å². The number of nitrogens with two attached hydrogens (primary N) is 1. The molecule has 0 saturated carbocycles. The molecule has 0 fully saturated rings. The SMILES string of the molecule is C[C@H](N)CCc1nnc(-c2cccc(Br)n2)o1. The number of aromatic nitrogens is 3. The van der Waals surface area contributed by atoms with E-state index in [-0.39, 0.29) is 6.04 Å². The van der Waals surface area contributed by atoms with Crippen molar-refractivity contribution in [1.82, 2.24) is 15.2 Å². The largest absolute Gasteiger partial charge is 0.419 e. The molecule has 2 rings (SSSR count). The molecule has 5 nitrogen and oxygen atoms in total. The monoisotopic (exact) mass is 296 g/mol. The van der Waals surface area contributed by atoms with Crippen LogP contribution in [-0.2, 0) is 6.42 Å². The molecule has 0 aliphatic heterocycles. The van der Waals surface area contributed by atoms with Gasteiger partial charge in [0.15, 0.2) is 0 Å². The molecule has 0 unspecified atom stereocenters. The smallest absolute Gasteiger partial charge is 0.266 e. The molecule has 0 spiro atoms. The topological polar surface area (TPSA) is 77.8 Å². The third kappa shape index (κ3) is 3.34. The summed E-state index contributed by atoms with van der Waals surface area (Å²) in [5, 5.41) is 7.93. The lowest BCUT2D eigenvalue weighted by atomic mass is 10.2. The van der Waals surface area contributed by atoms with Crippen LogP contribution >= 0.6 is 15.9 Å². The molecular formula is C11H13BrN4O. The summed E-state index contributed by atoms with van der Waals surface area (Å²) in [7, 11) is 0. The lowest BCUT2D eigenvalue weighted by Gasteiger charge is -1.99. The predicted octanol–water partition coefficient (Wildman–Crippen LogP) is 2.17. The zero-order valence-electron chi connectivity index (χ0n) is 9.43. The molecule has 0 aromatic carbocycles. The van der Waals surface area contributed by atoms with E-state index in [1.54, 1.807) is 0 Å². The van der Waals surface area contributed by atoms with Gasteiger partial charge in [-0.25, -0.2) is 4.98 Å². The van der Waals surface area contributed by atoms with E-state index in [0.717, 1.165) is 11.0 Å². The molecule has 0 amide bonds. The molecule has 0 radical (unpaired) electrons. The van der Waals surface area contributed by atoms with E-state index in [9.17, 15) is 0 Å². The second kappa shape index (κ2) is 5.37. The summed E-state index contributed by atoms with van der Waals surface area (Å²) in [6.07, 6.45) is 1.52. The number of halogens is 1. The molecule has 17 heavy (non-hydrogen) atoms. The van der Waals surface area contributed by atoms with Crippen LogP contribution in [0.15, 0.2) is 27.2 Å². The highest BCUT2D eigenvalue weighted by molar-refractivity contribution is 9.10. The van der Waals surface area contributed by atoms with Crippen LogP contribution in [0.4, 0.5) is 0 Å². The van der Waals surface area contributed by atoms with Crippen LogP contribution in [0, 0.1) is 0 Å². The van der Waals surface area contributed by atoms with E-state index in [0.29, 0.717) is 23.9 Å². The second-order valence-corrected chi connectivity index (χ2v) is 4.67. The molecule has 2 heterocycles. The summed E-state index contributed by atoms with van der Waals surface area (Å²) in [5.74, 6) is 1.03. The van der Waals surface area contributed by atoms with Gasteiger partial charge >= 0.3 is 0 Å². The van der Waals surface area contributed by atoms with Gasteiger partial charge in [0.05, 0.1) is 0 Å². The summed E-state index contributed by atoms with van der Waals surface area (Å²) in [4.78, 5) is 4.25. The van der Waals surface area contributed by atoms with Gasteiger partial charge in [0.1, 0.15) is 10.3 Å². The summed E-state index contributed by atoms with van der Waals surface area (Å²) in [6, 6.07) is 5.68. The molecule has 6 heteroatoms. The summed E-state index contributed by atoms with van der Waals surface area (Å²) < 4.78 is 6.26. The molecule has 2 aromatic heterocycles. The quantitative estimate of drug-likeness (QED) is 0.875. The minimum atomic E-state index is 0.134. The molecule has 1 atom stereocenters. The van der Waals surface area contributed by atoms with Crippen LogP contribution in [0.25, 0.3) is 11.6 Å². The molecule has 0 bridgehead atoms. The standard InChI is InChI=1S/C11H13BrN4O/c1-7(13)5-6-10-15-16-11(17-10)8-3-2-4-9(12)14-8/h2-4,7H,5-6,13H2,1H3/t7-/m0/s1. The first-order valence-corrected chi connectivity index (χ1v) is 6.15. The Morgan fingerprint density at radius 3 is 2.94 bits per heavy atom. The minimum absolute atomic E-state index is 0.134. The first-order valence-electron chi connectivity index (χ1n) is 5.36. The molecule has 0 aliphatic rings. The first kappa shape index (κ1) is 12.2. The average molecular weight is 297 g/mol. The van der Waals surface area contributed by atoms with E-state index in [4.69, 9.17) is 10.2 Å². The number of rotatable bonds is 4. The Bertz CT molecular complexity index is 498. The molecule has 90 valence electrons. The van der Waals surface area contributed by atoms with E-state index in [1.165, 1.54) is 0 Å². The van der Waals surface area contributed by atoms with Crippen molar-refractivity contribution in [2.75, 3.05) is 0 Å². The lowest BCUT2D eigenvalue weighted by molar-refractivity contribution is 0.484. The van der Waals surface area contributed by atoms with Crippen LogP contribution in [0.3, 0.4) is 0 Å². The van der Waals surface area contributed by atoms with Crippen molar-refractivity contribution in [3.8, 4) is 11.6 Å². The van der Waals surface area contributed by atoms with Crippen molar-refractivity contribution in [1.29, 1.82) is 0 Å². The Labute approximate surface area is 108 Å². The van der Waals surface area contributed by atoms with Crippen molar-refractivity contribution in [2.24, 2.45) is 5.73 Å². The van der Waals surface area contributed by atoms with Gasteiger partial charge in [-0.2, -0.15) is 0 Å². The third-order valence-corrected chi connectivity index (χ3v) is 2.66. The second-order valence-electron chi connectivity index (χ2n) is 3.86. The van der Waals surface area contributed by atoms with Gasteiger partial charge in [-0.3, -0.25) is 0 Å².